The Morgan fingerprint density at radius 3 is 2.63 bits per heavy atom. The van der Waals surface area contributed by atoms with Crippen molar-refractivity contribution in [3.8, 4) is 0 Å². The van der Waals surface area contributed by atoms with E-state index in [0.29, 0.717) is 16.5 Å². The molecular formula is C14H18N2O2S. The Kier molecular flexibility index (Phi) is 3.09. The lowest BCUT2D eigenvalue weighted by atomic mass is 9.95. The summed E-state index contributed by atoms with van der Waals surface area (Å²) in [5.41, 5.74) is 7.12. The third-order valence-electron chi connectivity index (χ3n) is 4.10. The number of nitrogens with two attached hydrogens (primary N) is 1. The predicted octanol–water partition coefficient (Wildman–Crippen LogP) is 2.32. The van der Waals surface area contributed by atoms with Crippen LogP contribution in [0.25, 0.3) is 0 Å². The van der Waals surface area contributed by atoms with Gasteiger partial charge in [-0.2, -0.15) is 0 Å². The summed E-state index contributed by atoms with van der Waals surface area (Å²) in [6.07, 6.45) is 5.09. The van der Waals surface area contributed by atoms with Crippen LogP contribution in [0.15, 0.2) is 0 Å². The van der Waals surface area contributed by atoms with E-state index in [9.17, 15) is 9.59 Å². The first-order valence-corrected chi connectivity index (χ1v) is 7.64. The lowest BCUT2D eigenvalue weighted by molar-refractivity contribution is -0.117. The summed E-state index contributed by atoms with van der Waals surface area (Å²) in [6, 6.07) is 0. The van der Waals surface area contributed by atoms with E-state index in [0.717, 1.165) is 37.7 Å². The fraction of sp³-hybridized carbons (Fsp3) is 0.571. The highest BCUT2D eigenvalue weighted by Gasteiger charge is 2.39. The van der Waals surface area contributed by atoms with Crippen molar-refractivity contribution in [2.24, 2.45) is 17.6 Å². The first kappa shape index (κ1) is 12.7. The third-order valence-corrected chi connectivity index (χ3v) is 5.31. The lowest BCUT2D eigenvalue weighted by Gasteiger charge is -2.11. The van der Waals surface area contributed by atoms with Crippen LogP contribution in [0, 0.1) is 11.8 Å². The minimum atomic E-state index is -0.418. The monoisotopic (exact) mass is 278 g/mol. The van der Waals surface area contributed by atoms with E-state index < -0.39 is 5.91 Å². The minimum absolute atomic E-state index is 0.0357. The van der Waals surface area contributed by atoms with Crippen molar-refractivity contribution < 1.29 is 9.59 Å². The lowest BCUT2D eigenvalue weighted by Crippen LogP contribution is -2.19. The molecule has 3 N–H and O–H groups in total. The van der Waals surface area contributed by atoms with Crippen molar-refractivity contribution in [1.82, 2.24) is 0 Å². The molecule has 2 atom stereocenters. The number of anilines is 1. The number of hydrogen-bond acceptors (Lipinski definition) is 3. The van der Waals surface area contributed by atoms with Crippen LogP contribution in [0.5, 0.6) is 0 Å². The second kappa shape index (κ2) is 4.63. The Labute approximate surface area is 116 Å². The van der Waals surface area contributed by atoms with Gasteiger partial charge >= 0.3 is 0 Å². The number of nitrogens with one attached hydrogen (secondary N) is 1. The van der Waals surface area contributed by atoms with Gasteiger partial charge in [0.25, 0.3) is 5.91 Å². The number of carbonyl (C=O) groups excluding carboxylic acids is 2. The zero-order chi connectivity index (χ0) is 13.6. The fourth-order valence-corrected chi connectivity index (χ4v) is 4.10. The van der Waals surface area contributed by atoms with E-state index in [1.54, 1.807) is 0 Å². The maximum absolute atomic E-state index is 12.0. The molecule has 0 spiro atoms. The van der Waals surface area contributed by atoms with Gasteiger partial charge < -0.3 is 11.1 Å². The van der Waals surface area contributed by atoms with Crippen LogP contribution < -0.4 is 11.1 Å². The molecule has 0 aromatic carbocycles. The minimum Gasteiger partial charge on any atom is -0.365 e. The molecule has 0 bridgehead atoms. The molecule has 19 heavy (non-hydrogen) atoms. The highest BCUT2D eigenvalue weighted by atomic mass is 32.1. The zero-order valence-corrected chi connectivity index (χ0v) is 11.8. The van der Waals surface area contributed by atoms with E-state index in [1.165, 1.54) is 16.2 Å². The molecule has 1 saturated carbocycles. The smallest absolute Gasteiger partial charge is 0.251 e. The molecule has 102 valence electrons. The molecule has 2 amide bonds. The van der Waals surface area contributed by atoms with Crippen LogP contribution in [-0.2, 0) is 17.6 Å². The van der Waals surface area contributed by atoms with Crippen molar-refractivity contribution in [3.05, 3.63) is 16.0 Å². The topological polar surface area (TPSA) is 72.2 Å². The second-order valence-electron chi connectivity index (χ2n) is 5.59. The van der Waals surface area contributed by atoms with Crippen LogP contribution in [-0.4, -0.2) is 11.8 Å². The van der Waals surface area contributed by atoms with Gasteiger partial charge in [-0.15, -0.1) is 11.3 Å². The van der Waals surface area contributed by atoms with Crippen LogP contribution in [0.4, 0.5) is 5.00 Å². The zero-order valence-electron chi connectivity index (χ0n) is 11.0. The highest BCUT2D eigenvalue weighted by Crippen LogP contribution is 2.41. The maximum Gasteiger partial charge on any atom is 0.251 e. The summed E-state index contributed by atoms with van der Waals surface area (Å²) in [5.74, 6) is 0.193. The Morgan fingerprint density at radius 1 is 1.32 bits per heavy atom. The molecular weight excluding hydrogens is 260 g/mol. The molecule has 0 aliphatic heterocycles. The number of fused-ring (bicyclic) bond motifs is 1. The molecule has 0 unspecified atom stereocenters. The Bertz CT molecular complexity index is 550. The summed E-state index contributed by atoms with van der Waals surface area (Å²) in [6.45, 7) is 2.07. The summed E-state index contributed by atoms with van der Waals surface area (Å²) in [7, 11) is 0. The summed E-state index contributed by atoms with van der Waals surface area (Å²) in [5, 5.41) is 3.59. The molecule has 4 nitrogen and oxygen atoms in total. The SMILES string of the molecule is C[C@@H]1C[C@@H]1C(=O)Nc1sc2c(c1C(N)=O)CCCC2. The molecule has 5 heteroatoms. The summed E-state index contributed by atoms with van der Waals surface area (Å²) in [4.78, 5) is 24.9. The van der Waals surface area contributed by atoms with Gasteiger partial charge in [-0.25, -0.2) is 0 Å². The van der Waals surface area contributed by atoms with Gasteiger partial charge in [0.15, 0.2) is 0 Å². The van der Waals surface area contributed by atoms with Crippen molar-refractivity contribution >= 4 is 28.2 Å². The van der Waals surface area contributed by atoms with Crippen LogP contribution in [0.1, 0.15) is 47.0 Å². The molecule has 3 rings (SSSR count). The van der Waals surface area contributed by atoms with Gasteiger partial charge in [0.1, 0.15) is 5.00 Å². The fourth-order valence-electron chi connectivity index (χ4n) is 2.81. The van der Waals surface area contributed by atoms with Gasteiger partial charge in [-0.05, 0) is 43.6 Å². The first-order chi connectivity index (χ1) is 9.08. The highest BCUT2D eigenvalue weighted by molar-refractivity contribution is 7.17. The summed E-state index contributed by atoms with van der Waals surface area (Å²) >= 11 is 1.53. The summed E-state index contributed by atoms with van der Waals surface area (Å²) < 4.78 is 0. The van der Waals surface area contributed by atoms with Crippen LogP contribution in [0.3, 0.4) is 0 Å². The predicted molar refractivity (Wildman–Crippen MR) is 75.4 cm³/mol. The number of rotatable bonds is 3. The van der Waals surface area contributed by atoms with Crippen molar-refractivity contribution in [2.45, 2.75) is 39.0 Å². The van der Waals surface area contributed by atoms with E-state index in [4.69, 9.17) is 5.73 Å². The number of primary amides is 1. The quantitative estimate of drug-likeness (QED) is 0.890. The molecule has 1 aromatic heterocycles. The maximum atomic E-state index is 12.0. The van der Waals surface area contributed by atoms with Crippen molar-refractivity contribution in [2.75, 3.05) is 5.32 Å². The van der Waals surface area contributed by atoms with Gasteiger partial charge in [-0.3, -0.25) is 9.59 Å². The van der Waals surface area contributed by atoms with E-state index in [-0.39, 0.29) is 11.8 Å². The van der Waals surface area contributed by atoms with Crippen molar-refractivity contribution in [3.63, 3.8) is 0 Å². The Balaban J connectivity index is 1.89. The molecule has 2 aliphatic carbocycles. The molecule has 1 heterocycles. The van der Waals surface area contributed by atoms with E-state index in [2.05, 4.69) is 12.2 Å². The van der Waals surface area contributed by atoms with Crippen LogP contribution >= 0.6 is 11.3 Å². The average Bonchev–Trinajstić information content (AvgIpc) is 2.98. The standard InChI is InChI=1S/C14H18N2O2S/c1-7-6-9(7)13(18)16-14-11(12(15)17)8-4-2-3-5-10(8)19-14/h7,9H,2-6H2,1H3,(H2,15,17)(H,16,18)/t7-,9+/m1/s1. The average molecular weight is 278 g/mol. The molecule has 0 radical (unpaired) electrons. The number of aryl methyl sites for hydroxylation is 1. The molecule has 2 aliphatic rings. The van der Waals surface area contributed by atoms with E-state index in [1.807, 2.05) is 0 Å². The Morgan fingerprint density at radius 2 is 2.00 bits per heavy atom. The third kappa shape index (κ3) is 2.27. The first-order valence-electron chi connectivity index (χ1n) is 6.83. The number of hydrogen-bond donors (Lipinski definition) is 2. The van der Waals surface area contributed by atoms with Crippen molar-refractivity contribution in [1.29, 1.82) is 0 Å². The van der Waals surface area contributed by atoms with Gasteiger partial charge in [-0.1, -0.05) is 6.92 Å². The number of carbonyl (C=O) groups is 2. The second-order valence-corrected chi connectivity index (χ2v) is 6.69. The van der Waals surface area contributed by atoms with Gasteiger partial charge in [0.2, 0.25) is 5.91 Å². The van der Waals surface area contributed by atoms with Gasteiger partial charge in [0, 0.05) is 10.8 Å². The largest absolute Gasteiger partial charge is 0.365 e. The number of amides is 2. The molecule has 1 fully saturated rings. The molecule has 0 saturated heterocycles. The number of thiophene rings is 1. The normalized spacial score (nSPS) is 24.7. The molecule has 1 aromatic rings. The van der Waals surface area contributed by atoms with Gasteiger partial charge in [0.05, 0.1) is 5.56 Å². The van der Waals surface area contributed by atoms with Crippen LogP contribution in [0.2, 0.25) is 0 Å². The van der Waals surface area contributed by atoms with E-state index >= 15 is 0 Å². The Hall–Kier alpha value is -1.36.